The number of aliphatic hydroxyl groups is 1. The van der Waals surface area contributed by atoms with Gasteiger partial charge in [-0.25, -0.2) is 0 Å². The van der Waals surface area contributed by atoms with Gasteiger partial charge in [0, 0.05) is 25.2 Å². The van der Waals surface area contributed by atoms with Crippen molar-refractivity contribution in [1.82, 2.24) is 4.90 Å². The number of nitrogens with zero attached hydrogens (tertiary/aromatic N) is 1. The maximum Gasteiger partial charge on any atom is 0.123 e. The quantitative estimate of drug-likeness (QED) is 0.721. The predicted octanol–water partition coefficient (Wildman–Crippen LogP) is 2.15. The highest BCUT2D eigenvalue weighted by molar-refractivity contribution is 5.32. The third kappa shape index (κ3) is 4.99. The van der Waals surface area contributed by atoms with Crippen LogP contribution in [0.4, 0.5) is 0 Å². The highest BCUT2D eigenvalue weighted by Crippen LogP contribution is 2.29. The zero-order valence-electron chi connectivity index (χ0n) is 13.1. The fourth-order valence-electron chi connectivity index (χ4n) is 3.10. The summed E-state index contributed by atoms with van der Waals surface area (Å²) in [4.78, 5) is 2.21. The largest absolute Gasteiger partial charge is 0.493 e. The SMILES string of the molecule is CN(CCCOc1ccccc1CN)CC1(O)CCCC1. The van der Waals surface area contributed by atoms with Crippen LogP contribution >= 0.6 is 0 Å². The molecule has 1 aliphatic rings. The number of rotatable bonds is 8. The molecule has 0 aliphatic heterocycles. The summed E-state index contributed by atoms with van der Waals surface area (Å²) >= 11 is 0. The van der Waals surface area contributed by atoms with Gasteiger partial charge in [0.05, 0.1) is 12.2 Å². The Balaban J connectivity index is 1.67. The fraction of sp³-hybridized carbons (Fsp3) is 0.647. The number of hydrogen-bond donors (Lipinski definition) is 2. The molecule has 0 amide bonds. The van der Waals surface area contributed by atoms with Crippen LogP contribution in [-0.2, 0) is 6.54 Å². The molecule has 0 heterocycles. The maximum absolute atomic E-state index is 10.4. The molecule has 4 nitrogen and oxygen atoms in total. The summed E-state index contributed by atoms with van der Waals surface area (Å²) in [5.41, 5.74) is 6.28. The van der Waals surface area contributed by atoms with E-state index in [1.54, 1.807) is 0 Å². The molecule has 1 aliphatic carbocycles. The summed E-state index contributed by atoms with van der Waals surface area (Å²) in [7, 11) is 2.07. The fourth-order valence-corrected chi connectivity index (χ4v) is 3.10. The van der Waals surface area contributed by atoms with Crippen LogP contribution in [-0.4, -0.2) is 42.4 Å². The number of nitrogens with two attached hydrogens (primary N) is 1. The molecule has 1 fully saturated rings. The van der Waals surface area contributed by atoms with E-state index in [-0.39, 0.29) is 0 Å². The van der Waals surface area contributed by atoms with Crippen molar-refractivity contribution in [3.63, 3.8) is 0 Å². The molecule has 21 heavy (non-hydrogen) atoms. The summed E-state index contributed by atoms with van der Waals surface area (Å²) < 4.78 is 5.80. The Labute approximate surface area is 127 Å². The van der Waals surface area contributed by atoms with Gasteiger partial charge in [-0.05, 0) is 32.4 Å². The molecule has 2 rings (SSSR count). The van der Waals surface area contributed by atoms with E-state index < -0.39 is 5.60 Å². The Kier molecular flexibility index (Phi) is 6.03. The first-order valence-corrected chi connectivity index (χ1v) is 7.95. The summed E-state index contributed by atoms with van der Waals surface area (Å²) in [6.07, 6.45) is 5.15. The van der Waals surface area contributed by atoms with Crippen LogP contribution in [0.2, 0.25) is 0 Å². The van der Waals surface area contributed by atoms with E-state index in [4.69, 9.17) is 10.5 Å². The van der Waals surface area contributed by atoms with Crippen LogP contribution < -0.4 is 10.5 Å². The van der Waals surface area contributed by atoms with E-state index in [1.165, 1.54) is 0 Å². The third-order valence-electron chi connectivity index (χ3n) is 4.23. The third-order valence-corrected chi connectivity index (χ3v) is 4.23. The molecule has 0 aromatic heterocycles. The lowest BCUT2D eigenvalue weighted by molar-refractivity contribution is 0.0155. The standard InChI is InChI=1S/C17H28N2O2/c1-19(14-17(20)9-4-5-10-17)11-6-12-21-16-8-3-2-7-15(16)13-18/h2-3,7-8,20H,4-6,9-14,18H2,1H3. The lowest BCUT2D eigenvalue weighted by Crippen LogP contribution is -2.39. The zero-order valence-corrected chi connectivity index (χ0v) is 13.1. The molecule has 1 aromatic rings. The van der Waals surface area contributed by atoms with Crippen LogP contribution in [0, 0.1) is 0 Å². The highest BCUT2D eigenvalue weighted by atomic mass is 16.5. The summed E-state index contributed by atoms with van der Waals surface area (Å²) in [6, 6.07) is 7.91. The normalized spacial score (nSPS) is 17.3. The van der Waals surface area contributed by atoms with Crippen molar-refractivity contribution in [3.05, 3.63) is 29.8 Å². The molecule has 0 unspecified atom stereocenters. The number of hydrogen-bond acceptors (Lipinski definition) is 4. The highest BCUT2D eigenvalue weighted by Gasteiger charge is 2.31. The van der Waals surface area contributed by atoms with Gasteiger partial charge < -0.3 is 20.5 Å². The monoisotopic (exact) mass is 292 g/mol. The summed E-state index contributed by atoms with van der Waals surface area (Å²) in [5.74, 6) is 0.886. The van der Waals surface area contributed by atoms with Crippen LogP contribution in [0.5, 0.6) is 5.75 Å². The molecule has 1 saturated carbocycles. The van der Waals surface area contributed by atoms with E-state index in [0.717, 1.165) is 56.5 Å². The summed E-state index contributed by atoms with van der Waals surface area (Å²) in [6.45, 7) is 2.89. The predicted molar refractivity (Wildman–Crippen MR) is 85.4 cm³/mol. The average molecular weight is 292 g/mol. The van der Waals surface area contributed by atoms with E-state index in [1.807, 2.05) is 24.3 Å². The zero-order chi connectivity index (χ0) is 15.1. The Hall–Kier alpha value is -1.10. The molecular formula is C17H28N2O2. The number of benzene rings is 1. The lowest BCUT2D eigenvalue weighted by atomic mass is 10.0. The Morgan fingerprint density at radius 3 is 2.71 bits per heavy atom. The molecule has 3 N–H and O–H groups in total. The topological polar surface area (TPSA) is 58.7 Å². The molecule has 0 spiro atoms. The Morgan fingerprint density at radius 2 is 2.00 bits per heavy atom. The van der Waals surface area contributed by atoms with Gasteiger partial charge in [-0.1, -0.05) is 31.0 Å². The van der Waals surface area contributed by atoms with E-state index >= 15 is 0 Å². The van der Waals surface area contributed by atoms with Gasteiger partial charge in [0.25, 0.3) is 0 Å². The molecule has 1 aromatic carbocycles. The lowest BCUT2D eigenvalue weighted by Gasteiger charge is -2.28. The molecule has 0 atom stereocenters. The van der Waals surface area contributed by atoms with Crippen LogP contribution in [0.15, 0.2) is 24.3 Å². The van der Waals surface area contributed by atoms with E-state index in [9.17, 15) is 5.11 Å². The molecule has 0 saturated heterocycles. The van der Waals surface area contributed by atoms with Crippen molar-refractivity contribution in [2.75, 3.05) is 26.7 Å². The second kappa shape index (κ2) is 7.78. The first kappa shape index (κ1) is 16.3. The Morgan fingerprint density at radius 1 is 1.29 bits per heavy atom. The molecular weight excluding hydrogens is 264 g/mol. The first-order chi connectivity index (χ1) is 10.1. The van der Waals surface area contributed by atoms with Crippen molar-refractivity contribution in [1.29, 1.82) is 0 Å². The Bertz CT molecular complexity index is 431. The van der Waals surface area contributed by atoms with Gasteiger partial charge in [0.2, 0.25) is 0 Å². The number of ether oxygens (including phenoxy) is 1. The second-order valence-electron chi connectivity index (χ2n) is 6.18. The maximum atomic E-state index is 10.4. The molecule has 0 bridgehead atoms. The molecule has 4 heteroatoms. The minimum atomic E-state index is -0.457. The second-order valence-corrected chi connectivity index (χ2v) is 6.18. The average Bonchev–Trinajstić information content (AvgIpc) is 2.90. The van der Waals surface area contributed by atoms with Gasteiger partial charge in [0.15, 0.2) is 0 Å². The van der Waals surface area contributed by atoms with Gasteiger partial charge in [0.1, 0.15) is 5.75 Å². The smallest absolute Gasteiger partial charge is 0.123 e. The van der Waals surface area contributed by atoms with Gasteiger partial charge in [-0.2, -0.15) is 0 Å². The van der Waals surface area contributed by atoms with Crippen LogP contribution in [0.1, 0.15) is 37.7 Å². The van der Waals surface area contributed by atoms with Gasteiger partial charge in [-0.15, -0.1) is 0 Å². The van der Waals surface area contributed by atoms with Crippen molar-refractivity contribution in [2.24, 2.45) is 5.73 Å². The van der Waals surface area contributed by atoms with E-state index in [2.05, 4.69) is 11.9 Å². The van der Waals surface area contributed by atoms with Crippen molar-refractivity contribution in [2.45, 2.75) is 44.2 Å². The minimum Gasteiger partial charge on any atom is -0.493 e. The van der Waals surface area contributed by atoms with Crippen LogP contribution in [0.25, 0.3) is 0 Å². The van der Waals surface area contributed by atoms with E-state index in [0.29, 0.717) is 13.2 Å². The first-order valence-electron chi connectivity index (χ1n) is 7.95. The number of para-hydroxylation sites is 1. The van der Waals surface area contributed by atoms with Crippen molar-refractivity contribution in [3.8, 4) is 5.75 Å². The molecule has 118 valence electrons. The minimum absolute atomic E-state index is 0.457. The van der Waals surface area contributed by atoms with Crippen molar-refractivity contribution < 1.29 is 9.84 Å². The summed E-state index contributed by atoms with van der Waals surface area (Å²) in [5, 5.41) is 10.4. The number of likely N-dealkylation sites (N-methyl/N-ethyl adjacent to an activating group) is 1. The van der Waals surface area contributed by atoms with Gasteiger partial charge in [-0.3, -0.25) is 0 Å². The molecule has 0 radical (unpaired) electrons. The van der Waals surface area contributed by atoms with Crippen molar-refractivity contribution >= 4 is 0 Å². The van der Waals surface area contributed by atoms with Crippen LogP contribution in [0.3, 0.4) is 0 Å². The van der Waals surface area contributed by atoms with Gasteiger partial charge >= 0.3 is 0 Å².